The third-order valence-corrected chi connectivity index (χ3v) is 6.46. The van der Waals surface area contributed by atoms with Gasteiger partial charge in [0.2, 0.25) is 10.0 Å². The molecule has 1 atom stereocenters. The second-order valence-corrected chi connectivity index (χ2v) is 7.77. The Balaban J connectivity index is 2.31. The van der Waals surface area contributed by atoms with Crippen LogP contribution < -0.4 is 10.5 Å². The third kappa shape index (κ3) is 3.43. The van der Waals surface area contributed by atoms with Gasteiger partial charge in [-0.15, -0.1) is 0 Å². The number of hydrogen-bond acceptors (Lipinski definition) is 3. The molecule has 0 bridgehead atoms. The van der Waals surface area contributed by atoms with Crippen LogP contribution in [0.25, 0.3) is 0 Å². The van der Waals surface area contributed by atoms with E-state index in [-0.39, 0.29) is 27.5 Å². The molecular formula is C11H13BrCl2N2O2S. The molecule has 1 aliphatic carbocycles. The number of nitrogens with one attached hydrogen (secondary N) is 1. The van der Waals surface area contributed by atoms with E-state index in [1.165, 1.54) is 6.07 Å². The fraction of sp³-hybridized carbons (Fsp3) is 0.455. The molecule has 1 fully saturated rings. The number of rotatable bonds is 5. The maximum atomic E-state index is 12.3. The summed E-state index contributed by atoms with van der Waals surface area (Å²) in [5.41, 5.74) is 5.60. The van der Waals surface area contributed by atoms with Crippen LogP contribution in [0.15, 0.2) is 21.5 Å². The van der Waals surface area contributed by atoms with Crippen LogP contribution in [0.2, 0.25) is 10.0 Å². The summed E-state index contributed by atoms with van der Waals surface area (Å²) >= 11 is 15.1. The largest absolute Gasteiger partial charge is 0.329 e. The van der Waals surface area contributed by atoms with Crippen LogP contribution in [-0.4, -0.2) is 21.0 Å². The van der Waals surface area contributed by atoms with E-state index in [4.69, 9.17) is 28.9 Å². The molecule has 1 aromatic rings. The summed E-state index contributed by atoms with van der Waals surface area (Å²) in [6.45, 7) is 0.270. The third-order valence-electron chi connectivity index (χ3n) is 3.04. The molecule has 0 saturated heterocycles. The van der Waals surface area contributed by atoms with Crippen LogP contribution in [0.4, 0.5) is 0 Å². The summed E-state index contributed by atoms with van der Waals surface area (Å²) in [5.74, 6) is 0.324. The van der Waals surface area contributed by atoms with Crippen molar-refractivity contribution >= 4 is 49.2 Å². The van der Waals surface area contributed by atoms with Gasteiger partial charge in [-0.05, 0) is 46.8 Å². The zero-order valence-corrected chi connectivity index (χ0v) is 13.8. The highest BCUT2D eigenvalue weighted by Gasteiger charge is 2.34. The van der Waals surface area contributed by atoms with Crippen LogP contribution in [-0.2, 0) is 10.0 Å². The maximum Gasteiger partial charge on any atom is 0.242 e. The average Bonchev–Trinajstić information content (AvgIpc) is 3.17. The Morgan fingerprint density at radius 2 is 2.00 bits per heavy atom. The van der Waals surface area contributed by atoms with E-state index in [2.05, 4.69) is 20.7 Å². The van der Waals surface area contributed by atoms with E-state index in [9.17, 15) is 8.42 Å². The van der Waals surface area contributed by atoms with Crippen molar-refractivity contribution in [3.8, 4) is 0 Å². The van der Waals surface area contributed by atoms with Crippen molar-refractivity contribution < 1.29 is 8.42 Å². The smallest absolute Gasteiger partial charge is 0.242 e. The Hall–Kier alpha value is 0.150. The normalized spacial score (nSPS) is 17.5. The van der Waals surface area contributed by atoms with Gasteiger partial charge < -0.3 is 5.73 Å². The van der Waals surface area contributed by atoms with Crippen LogP contribution in [0.3, 0.4) is 0 Å². The molecule has 0 spiro atoms. The zero-order valence-electron chi connectivity index (χ0n) is 9.87. The first-order valence-corrected chi connectivity index (χ1v) is 8.76. The lowest BCUT2D eigenvalue weighted by Gasteiger charge is -2.17. The lowest BCUT2D eigenvalue weighted by molar-refractivity contribution is 0.519. The molecule has 106 valence electrons. The molecule has 1 unspecified atom stereocenters. The summed E-state index contributed by atoms with van der Waals surface area (Å²) < 4.78 is 27.7. The predicted octanol–water partition coefficient (Wildman–Crippen LogP) is 2.77. The topological polar surface area (TPSA) is 72.2 Å². The van der Waals surface area contributed by atoms with E-state index in [1.807, 2.05) is 0 Å². The molecule has 0 radical (unpaired) electrons. The molecule has 19 heavy (non-hydrogen) atoms. The van der Waals surface area contributed by atoms with Gasteiger partial charge in [-0.2, -0.15) is 0 Å². The predicted molar refractivity (Wildman–Crippen MR) is 80.0 cm³/mol. The van der Waals surface area contributed by atoms with E-state index in [1.54, 1.807) is 6.07 Å². The Labute approximate surface area is 130 Å². The molecule has 1 saturated carbocycles. The van der Waals surface area contributed by atoms with E-state index >= 15 is 0 Å². The number of sulfonamides is 1. The van der Waals surface area contributed by atoms with Crippen molar-refractivity contribution in [2.24, 2.45) is 11.7 Å². The average molecular weight is 388 g/mol. The molecule has 0 aromatic heterocycles. The fourth-order valence-electron chi connectivity index (χ4n) is 1.81. The van der Waals surface area contributed by atoms with Crippen molar-refractivity contribution in [2.75, 3.05) is 6.54 Å². The minimum Gasteiger partial charge on any atom is -0.329 e. The highest BCUT2D eigenvalue weighted by atomic mass is 79.9. The van der Waals surface area contributed by atoms with Crippen LogP contribution >= 0.6 is 39.1 Å². The molecule has 0 amide bonds. The molecule has 1 aromatic carbocycles. The standard InChI is InChI=1S/C11H13BrCl2N2O2S/c12-7-3-4-9(11(14)10(7)13)19(17,18)16-8(5-15)6-1-2-6/h3-4,6,8,16H,1-2,5,15H2. The zero-order chi connectivity index (χ0) is 14.2. The summed E-state index contributed by atoms with van der Waals surface area (Å²) in [4.78, 5) is -0.0264. The quantitative estimate of drug-likeness (QED) is 0.763. The Kier molecular flexibility index (Phi) is 4.80. The lowest BCUT2D eigenvalue weighted by atomic mass is 10.2. The Morgan fingerprint density at radius 1 is 1.37 bits per heavy atom. The number of benzene rings is 1. The van der Waals surface area contributed by atoms with Gasteiger partial charge >= 0.3 is 0 Å². The van der Waals surface area contributed by atoms with Crippen molar-refractivity contribution in [2.45, 2.75) is 23.8 Å². The second-order valence-electron chi connectivity index (χ2n) is 4.47. The van der Waals surface area contributed by atoms with Crippen molar-refractivity contribution in [3.63, 3.8) is 0 Å². The van der Waals surface area contributed by atoms with Crippen molar-refractivity contribution in [1.82, 2.24) is 4.72 Å². The van der Waals surface area contributed by atoms with Gasteiger partial charge in [-0.25, -0.2) is 13.1 Å². The van der Waals surface area contributed by atoms with E-state index < -0.39 is 10.0 Å². The van der Waals surface area contributed by atoms with Crippen LogP contribution in [0, 0.1) is 5.92 Å². The number of nitrogens with two attached hydrogens (primary N) is 1. The Bertz CT molecular complexity index is 591. The lowest BCUT2D eigenvalue weighted by Crippen LogP contribution is -2.41. The molecule has 3 N–H and O–H groups in total. The Morgan fingerprint density at radius 3 is 2.53 bits per heavy atom. The van der Waals surface area contributed by atoms with Crippen LogP contribution in [0.1, 0.15) is 12.8 Å². The van der Waals surface area contributed by atoms with Crippen molar-refractivity contribution in [3.05, 3.63) is 26.7 Å². The fourth-order valence-corrected chi connectivity index (χ4v) is 4.35. The molecule has 4 nitrogen and oxygen atoms in total. The highest BCUT2D eigenvalue weighted by molar-refractivity contribution is 9.10. The SMILES string of the molecule is NCC(NS(=O)(=O)c1ccc(Br)c(Cl)c1Cl)C1CC1. The summed E-state index contributed by atoms with van der Waals surface area (Å²) in [6, 6.07) is 2.72. The summed E-state index contributed by atoms with van der Waals surface area (Å²) in [6.07, 6.45) is 2.00. The second kappa shape index (κ2) is 5.87. The first-order chi connectivity index (χ1) is 8.86. The molecule has 2 rings (SSSR count). The maximum absolute atomic E-state index is 12.3. The number of hydrogen-bond donors (Lipinski definition) is 2. The molecule has 0 aliphatic heterocycles. The first-order valence-electron chi connectivity index (χ1n) is 5.72. The van der Waals surface area contributed by atoms with Gasteiger partial charge in [-0.1, -0.05) is 23.2 Å². The summed E-state index contributed by atoms with van der Waals surface area (Å²) in [7, 11) is -3.71. The monoisotopic (exact) mass is 386 g/mol. The minimum atomic E-state index is -3.71. The molecule has 8 heteroatoms. The van der Waals surface area contributed by atoms with Gasteiger partial charge in [0.25, 0.3) is 0 Å². The molecule has 0 heterocycles. The highest BCUT2D eigenvalue weighted by Crippen LogP contribution is 2.36. The van der Waals surface area contributed by atoms with E-state index in [0.717, 1.165) is 12.8 Å². The molecular weight excluding hydrogens is 375 g/mol. The summed E-state index contributed by atoms with van der Waals surface area (Å²) in [5, 5.41) is 0.190. The minimum absolute atomic E-state index is 0.00936. The van der Waals surface area contributed by atoms with Gasteiger partial charge in [0.05, 0.1) is 10.0 Å². The first kappa shape index (κ1) is 15.5. The van der Waals surface area contributed by atoms with Gasteiger partial charge in [0, 0.05) is 17.1 Å². The number of halogens is 3. The van der Waals surface area contributed by atoms with Gasteiger partial charge in [0.15, 0.2) is 0 Å². The van der Waals surface area contributed by atoms with Gasteiger partial charge in [0.1, 0.15) is 4.90 Å². The van der Waals surface area contributed by atoms with Crippen molar-refractivity contribution in [1.29, 1.82) is 0 Å². The molecule has 1 aliphatic rings. The van der Waals surface area contributed by atoms with Crippen LogP contribution in [0.5, 0.6) is 0 Å². The van der Waals surface area contributed by atoms with Gasteiger partial charge in [-0.3, -0.25) is 0 Å². The van der Waals surface area contributed by atoms with E-state index in [0.29, 0.717) is 10.4 Å².